The number of carbonyl (C=O) groups is 2. The minimum absolute atomic E-state index is 0.0304. The summed E-state index contributed by atoms with van der Waals surface area (Å²) in [7, 11) is 0. The van der Waals surface area contributed by atoms with Crippen LogP contribution >= 0.6 is 0 Å². The van der Waals surface area contributed by atoms with Gasteiger partial charge in [0.2, 0.25) is 11.9 Å². The number of benzene rings is 2. The zero-order valence-corrected chi connectivity index (χ0v) is 17.9. The molecule has 0 saturated carbocycles. The van der Waals surface area contributed by atoms with Crippen LogP contribution in [0.5, 0.6) is 0 Å². The molecule has 2 aromatic heterocycles. The molecule has 0 fully saturated rings. The van der Waals surface area contributed by atoms with Crippen molar-refractivity contribution in [1.29, 1.82) is 0 Å². The van der Waals surface area contributed by atoms with Gasteiger partial charge in [-0.3, -0.25) is 24.0 Å². The maximum Gasteiger partial charge on any atom is 0.253 e. The van der Waals surface area contributed by atoms with E-state index in [1.54, 1.807) is 17.3 Å². The van der Waals surface area contributed by atoms with Gasteiger partial charge in [0.05, 0.1) is 24.0 Å². The molecule has 160 valence electrons. The van der Waals surface area contributed by atoms with E-state index in [1.165, 1.54) is 0 Å². The van der Waals surface area contributed by atoms with Crippen molar-refractivity contribution in [2.75, 3.05) is 10.2 Å². The van der Waals surface area contributed by atoms with Crippen LogP contribution in [0.1, 0.15) is 29.2 Å². The van der Waals surface area contributed by atoms with Crippen molar-refractivity contribution in [3.8, 4) is 0 Å². The van der Waals surface area contributed by atoms with Crippen LogP contribution in [0.4, 0.5) is 11.6 Å². The van der Waals surface area contributed by atoms with Gasteiger partial charge in [-0.25, -0.2) is 4.98 Å². The highest BCUT2D eigenvalue weighted by molar-refractivity contribution is 6.05. The second-order valence-electron chi connectivity index (χ2n) is 8.12. The van der Waals surface area contributed by atoms with Gasteiger partial charge in [-0.2, -0.15) is 0 Å². The van der Waals surface area contributed by atoms with Gasteiger partial charge in [-0.15, -0.1) is 0 Å². The quantitative estimate of drug-likeness (QED) is 0.521. The van der Waals surface area contributed by atoms with Crippen molar-refractivity contribution in [2.45, 2.75) is 32.9 Å². The van der Waals surface area contributed by atoms with E-state index >= 15 is 0 Å². The summed E-state index contributed by atoms with van der Waals surface area (Å²) in [6, 6.07) is 16.6. The summed E-state index contributed by atoms with van der Waals surface area (Å²) >= 11 is 0. The second kappa shape index (κ2) is 7.92. The Morgan fingerprint density at radius 3 is 2.69 bits per heavy atom. The lowest BCUT2D eigenvalue weighted by Crippen LogP contribution is -2.31. The first-order valence-corrected chi connectivity index (χ1v) is 10.6. The van der Waals surface area contributed by atoms with Gasteiger partial charge in [-0.1, -0.05) is 24.3 Å². The largest absolute Gasteiger partial charge is 0.326 e. The number of carbonyl (C=O) groups excluding carboxylic acids is 2. The number of aryl methyl sites for hydroxylation is 2. The minimum atomic E-state index is -0.652. The molecule has 7 heteroatoms. The predicted octanol–water partition coefficient (Wildman–Crippen LogP) is 4.16. The molecule has 1 N–H and O–H groups in total. The van der Waals surface area contributed by atoms with Gasteiger partial charge >= 0.3 is 0 Å². The summed E-state index contributed by atoms with van der Waals surface area (Å²) in [4.78, 5) is 36.8. The summed E-state index contributed by atoms with van der Waals surface area (Å²) in [5.74, 6) is 0.208. The number of hydrogen-bond acceptors (Lipinski definition) is 4. The summed E-state index contributed by atoms with van der Waals surface area (Å²) < 4.78 is 1.88. The number of nitrogens with one attached hydrogen (secondary N) is 1. The summed E-state index contributed by atoms with van der Waals surface area (Å²) in [5.41, 5.74) is 5.53. The molecule has 4 aromatic rings. The third-order valence-corrected chi connectivity index (χ3v) is 5.91. The fourth-order valence-electron chi connectivity index (χ4n) is 4.13. The highest BCUT2D eigenvalue weighted by atomic mass is 16.2. The van der Waals surface area contributed by atoms with E-state index in [0.29, 0.717) is 12.5 Å². The molecule has 2 amide bonds. The maximum atomic E-state index is 13.4. The Labute approximate surface area is 185 Å². The van der Waals surface area contributed by atoms with E-state index in [-0.39, 0.29) is 18.2 Å². The fraction of sp³-hybridized carbons (Fsp3) is 0.200. The van der Waals surface area contributed by atoms with Gasteiger partial charge in [0, 0.05) is 18.1 Å². The molecule has 2 aromatic carbocycles. The smallest absolute Gasteiger partial charge is 0.253 e. The van der Waals surface area contributed by atoms with Gasteiger partial charge < -0.3 is 5.32 Å². The molecule has 5 rings (SSSR count). The molecule has 0 aliphatic carbocycles. The Morgan fingerprint density at radius 1 is 1.06 bits per heavy atom. The average Bonchev–Trinajstić information content (AvgIpc) is 3.28. The normalized spacial score (nSPS) is 15.2. The number of hydrogen-bond donors (Lipinski definition) is 1. The first kappa shape index (κ1) is 19.9. The van der Waals surface area contributed by atoms with Crippen molar-refractivity contribution in [3.05, 3.63) is 83.7 Å². The minimum Gasteiger partial charge on any atom is -0.326 e. The first-order chi connectivity index (χ1) is 15.5. The molecule has 0 bridgehead atoms. The Hall–Kier alpha value is -4.00. The van der Waals surface area contributed by atoms with E-state index < -0.39 is 6.04 Å². The molecule has 0 spiro atoms. The zero-order valence-electron chi connectivity index (χ0n) is 17.9. The van der Waals surface area contributed by atoms with Crippen LogP contribution in [-0.4, -0.2) is 26.3 Å². The Kier molecular flexibility index (Phi) is 4.93. The van der Waals surface area contributed by atoms with Gasteiger partial charge in [0.25, 0.3) is 5.91 Å². The summed E-state index contributed by atoms with van der Waals surface area (Å²) in [6.07, 6.45) is 3.47. The standard InChI is InChI=1S/C25H23N5O2/c1-16-9-10-19(12-17(16)2)27-23(31)13-22-24(32)29(15-18-6-5-11-26-14-18)25-28-20-7-3-4-8-21(20)30(22)25/h3-12,14,22H,13,15H2,1-2H3,(H,27,31). The molecule has 0 radical (unpaired) electrons. The lowest BCUT2D eigenvalue weighted by atomic mass is 10.1. The molecule has 1 unspecified atom stereocenters. The summed E-state index contributed by atoms with van der Waals surface area (Å²) in [6.45, 7) is 4.39. The molecule has 1 aliphatic heterocycles. The molecular formula is C25H23N5O2. The number of imidazole rings is 1. The van der Waals surface area contributed by atoms with Crippen molar-refractivity contribution >= 4 is 34.5 Å². The predicted molar refractivity (Wildman–Crippen MR) is 123 cm³/mol. The third-order valence-electron chi connectivity index (χ3n) is 5.91. The zero-order chi connectivity index (χ0) is 22.2. The van der Waals surface area contributed by atoms with Crippen LogP contribution in [0.3, 0.4) is 0 Å². The fourth-order valence-corrected chi connectivity index (χ4v) is 4.13. The molecule has 3 heterocycles. The SMILES string of the molecule is Cc1ccc(NC(=O)CC2C(=O)N(Cc3cccnc3)c3nc4ccccc4n32)cc1C. The number of aromatic nitrogens is 3. The van der Waals surface area contributed by atoms with Crippen molar-refractivity contribution in [1.82, 2.24) is 14.5 Å². The molecule has 1 atom stereocenters. The Balaban J connectivity index is 1.46. The van der Waals surface area contributed by atoms with E-state index in [1.807, 2.05) is 73.0 Å². The molecule has 0 saturated heterocycles. The van der Waals surface area contributed by atoms with Crippen LogP contribution < -0.4 is 10.2 Å². The van der Waals surface area contributed by atoms with Gasteiger partial charge in [-0.05, 0) is 60.9 Å². The number of fused-ring (bicyclic) bond motifs is 3. The molecule has 7 nitrogen and oxygen atoms in total. The average molecular weight is 425 g/mol. The van der Waals surface area contributed by atoms with Crippen molar-refractivity contribution < 1.29 is 9.59 Å². The highest BCUT2D eigenvalue weighted by Gasteiger charge is 2.40. The van der Waals surface area contributed by atoms with E-state index in [0.717, 1.165) is 33.4 Å². The second-order valence-corrected chi connectivity index (χ2v) is 8.12. The van der Waals surface area contributed by atoms with Crippen LogP contribution in [0.2, 0.25) is 0 Å². The monoisotopic (exact) mass is 425 g/mol. The Bertz CT molecular complexity index is 1330. The van der Waals surface area contributed by atoms with Crippen LogP contribution in [0.15, 0.2) is 67.0 Å². The maximum absolute atomic E-state index is 13.4. The number of nitrogens with zero attached hydrogens (tertiary/aromatic N) is 4. The number of amides is 2. The van der Waals surface area contributed by atoms with Gasteiger partial charge in [0.1, 0.15) is 6.04 Å². The molecule has 32 heavy (non-hydrogen) atoms. The number of anilines is 2. The molecular weight excluding hydrogens is 402 g/mol. The van der Waals surface area contributed by atoms with Crippen LogP contribution in [0, 0.1) is 13.8 Å². The lowest BCUT2D eigenvalue weighted by molar-refractivity contribution is -0.124. The van der Waals surface area contributed by atoms with Crippen LogP contribution in [-0.2, 0) is 16.1 Å². The third kappa shape index (κ3) is 3.51. The van der Waals surface area contributed by atoms with E-state index in [9.17, 15) is 9.59 Å². The topological polar surface area (TPSA) is 80.1 Å². The molecule has 1 aliphatic rings. The van der Waals surface area contributed by atoms with Gasteiger partial charge in [0.15, 0.2) is 0 Å². The highest BCUT2D eigenvalue weighted by Crippen LogP contribution is 2.37. The summed E-state index contributed by atoms with van der Waals surface area (Å²) in [5, 5.41) is 2.94. The Morgan fingerprint density at radius 2 is 1.91 bits per heavy atom. The number of para-hydroxylation sites is 2. The lowest BCUT2D eigenvalue weighted by Gasteiger charge is -2.16. The van der Waals surface area contributed by atoms with E-state index in [4.69, 9.17) is 4.98 Å². The number of pyridine rings is 1. The van der Waals surface area contributed by atoms with Crippen molar-refractivity contribution in [3.63, 3.8) is 0 Å². The van der Waals surface area contributed by atoms with Crippen LogP contribution in [0.25, 0.3) is 11.0 Å². The first-order valence-electron chi connectivity index (χ1n) is 10.6. The van der Waals surface area contributed by atoms with E-state index in [2.05, 4.69) is 10.3 Å². The number of rotatable bonds is 5. The van der Waals surface area contributed by atoms with Crippen molar-refractivity contribution in [2.24, 2.45) is 0 Å².